The second-order valence-corrected chi connectivity index (χ2v) is 16.7. The number of fused-ring (bicyclic) bond motifs is 1. The van der Waals surface area contributed by atoms with Crippen LogP contribution in [0, 0.1) is 0 Å². The van der Waals surface area contributed by atoms with Crippen molar-refractivity contribution < 1.29 is 32.3 Å². The number of nitrogens with one attached hydrogen (secondary N) is 2. The van der Waals surface area contributed by atoms with E-state index in [4.69, 9.17) is 21.1 Å². The zero-order valence-corrected chi connectivity index (χ0v) is 27.9. The van der Waals surface area contributed by atoms with Crippen LogP contribution >= 0.6 is 11.6 Å². The molecule has 2 aliphatic carbocycles. The Morgan fingerprint density at radius 3 is 2.38 bits per heavy atom. The van der Waals surface area contributed by atoms with Gasteiger partial charge in [0, 0.05) is 36.8 Å². The molecule has 0 atom stereocenters. The first kappa shape index (κ1) is 33.2. The summed E-state index contributed by atoms with van der Waals surface area (Å²) in [6, 6.07) is 7.12. The lowest BCUT2D eigenvalue weighted by Crippen LogP contribution is -2.48. The van der Waals surface area contributed by atoms with Crippen LogP contribution in [0.25, 0.3) is 0 Å². The maximum absolute atomic E-state index is 13.9. The summed E-state index contributed by atoms with van der Waals surface area (Å²) in [5.41, 5.74) is 1.23. The SMILES string of the molecule is CC(C)(C)OC(=O)NCCOCCn1nc(C(=O)NCc2ccc(Cl)cc2)c2c1C(=O)N(CC1(S(=O)(=O)C3(C)CC3)CC1)CC2. The molecule has 2 N–H and O–H groups in total. The Morgan fingerprint density at radius 2 is 1.76 bits per heavy atom. The van der Waals surface area contributed by atoms with Gasteiger partial charge in [0.15, 0.2) is 15.5 Å². The molecule has 1 aliphatic heterocycles. The van der Waals surface area contributed by atoms with Gasteiger partial charge in [-0.2, -0.15) is 5.10 Å². The molecule has 5 rings (SSSR count). The van der Waals surface area contributed by atoms with Gasteiger partial charge in [0.2, 0.25) is 0 Å². The fourth-order valence-electron chi connectivity index (χ4n) is 5.60. The van der Waals surface area contributed by atoms with Crippen molar-refractivity contribution in [3.8, 4) is 0 Å². The van der Waals surface area contributed by atoms with E-state index >= 15 is 0 Å². The Hall–Kier alpha value is -3.16. The van der Waals surface area contributed by atoms with Gasteiger partial charge in [-0.25, -0.2) is 13.2 Å². The molecule has 45 heavy (non-hydrogen) atoms. The molecule has 0 spiro atoms. The number of ether oxygens (including phenoxy) is 2. The Balaban J connectivity index is 1.28. The Bertz CT molecular complexity index is 1560. The minimum Gasteiger partial charge on any atom is -0.444 e. The third kappa shape index (κ3) is 7.30. The fraction of sp³-hybridized carbons (Fsp3) is 0.613. The summed E-state index contributed by atoms with van der Waals surface area (Å²) >= 11 is 5.97. The van der Waals surface area contributed by atoms with Gasteiger partial charge in [-0.15, -0.1) is 0 Å². The van der Waals surface area contributed by atoms with E-state index in [1.54, 1.807) is 44.7 Å². The number of benzene rings is 1. The molecular formula is C31H42ClN5O7S. The Labute approximate surface area is 269 Å². The number of carbonyl (C=O) groups excluding carboxylic acids is 3. The lowest BCUT2D eigenvalue weighted by molar-refractivity contribution is 0.0494. The molecule has 2 saturated carbocycles. The maximum atomic E-state index is 13.9. The summed E-state index contributed by atoms with van der Waals surface area (Å²) in [6.07, 6.45) is 2.24. The Kier molecular flexibility index (Phi) is 9.27. The van der Waals surface area contributed by atoms with E-state index in [2.05, 4.69) is 15.7 Å². The molecular weight excluding hydrogens is 622 g/mol. The molecule has 2 aromatic rings. The largest absolute Gasteiger partial charge is 0.444 e. The zero-order chi connectivity index (χ0) is 32.6. The van der Waals surface area contributed by atoms with Crippen LogP contribution in [0.1, 0.15) is 85.5 Å². The lowest BCUT2D eigenvalue weighted by atomic mass is 10.0. The monoisotopic (exact) mass is 663 g/mol. The van der Waals surface area contributed by atoms with Crippen LogP contribution in [0.5, 0.6) is 0 Å². The van der Waals surface area contributed by atoms with Crippen LogP contribution in [0.2, 0.25) is 5.02 Å². The van der Waals surface area contributed by atoms with Gasteiger partial charge in [-0.1, -0.05) is 23.7 Å². The van der Waals surface area contributed by atoms with Crippen molar-refractivity contribution >= 4 is 39.3 Å². The number of nitrogens with zero attached hydrogens (tertiary/aromatic N) is 3. The molecule has 0 unspecified atom stereocenters. The molecule has 3 amide bonds. The van der Waals surface area contributed by atoms with E-state index in [-0.39, 0.29) is 56.7 Å². The van der Waals surface area contributed by atoms with Gasteiger partial charge >= 0.3 is 6.09 Å². The molecule has 0 bridgehead atoms. The van der Waals surface area contributed by atoms with E-state index in [1.165, 1.54) is 4.68 Å². The predicted molar refractivity (Wildman–Crippen MR) is 168 cm³/mol. The normalized spacial score (nSPS) is 18.2. The number of sulfone groups is 1. The van der Waals surface area contributed by atoms with Crippen molar-refractivity contribution in [2.45, 2.75) is 88.0 Å². The smallest absolute Gasteiger partial charge is 0.407 e. The summed E-state index contributed by atoms with van der Waals surface area (Å²) in [5.74, 6) is -0.749. The molecule has 0 saturated heterocycles. The van der Waals surface area contributed by atoms with Gasteiger partial charge in [0.05, 0.1) is 29.3 Å². The van der Waals surface area contributed by atoms with Crippen LogP contribution in [0.4, 0.5) is 4.79 Å². The molecule has 1 aromatic carbocycles. The molecule has 3 aliphatic rings. The second-order valence-electron chi connectivity index (χ2n) is 13.4. The molecule has 12 nitrogen and oxygen atoms in total. The number of amides is 3. The van der Waals surface area contributed by atoms with Crippen LogP contribution in [-0.2, 0) is 38.8 Å². The first-order valence-electron chi connectivity index (χ1n) is 15.4. The average molecular weight is 664 g/mol. The number of carbonyl (C=O) groups is 3. The number of halogens is 1. The third-order valence-corrected chi connectivity index (χ3v) is 12.2. The van der Waals surface area contributed by atoms with Gasteiger partial charge in [-0.05, 0) is 77.5 Å². The minimum atomic E-state index is -3.40. The average Bonchev–Trinajstić information content (AvgIpc) is 3.89. The minimum absolute atomic E-state index is 0.138. The summed E-state index contributed by atoms with van der Waals surface area (Å²) in [4.78, 5) is 40.7. The lowest BCUT2D eigenvalue weighted by Gasteiger charge is -2.32. The highest BCUT2D eigenvalue weighted by Gasteiger charge is 2.65. The highest BCUT2D eigenvalue weighted by Crippen LogP contribution is 2.56. The Morgan fingerprint density at radius 1 is 1.07 bits per heavy atom. The number of hydrogen-bond acceptors (Lipinski definition) is 8. The number of aromatic nitrogens is 2. The van der Waals surface area contributed by atoms with E-state index in [0.717, 1.165) is 5.56 Å². The molecule has 14 heteroatoms. The van der Waals surface area contributed by atoms with E-state index in [0.29, 0.717) is 49.2 Å². The standard InChI is InChI=1S/C31H42ClN5O7S/c1-29(2,3)44-28(40)33-14-17-43-18-16-37-25-23(24(35-37)26(38)34-19-21-5-7-22(32)8-6-21)9-15-36(27(25)39)20-31(12-13-31)45(41,42)30(4)10-11-30/h5-8H,9-20H2,1-4H3,(H,33,40)(H,34,38). The molecule has 2 heterocycles. The van der Waals surface area contributed by atoms with Crippen molar-refractivity contribution in [2.24, 2.45) is 0 Å². The van der Waals surface area contributed by atoms with Crippen LogP contribution in [0.3, 0.4) is 0 Å². The van der Waals surface area contributed by atoms with E-state index < -0.39 is 36.9 Å². The summed E-state index contributed by atoms with van der Waals surface area (Å²) in [7, 11) is -3.40. The van der Waals surface area contributed by atoms with Crippen LogP contribution < -0.4 is 10.6 Å². The summed E-state index contributed by atoms with van der Waals surface area (Å²) in [5, 5.41) is 10.6. The van der Waals surface area contributed by atoms with Crippen LogP contribution in [-0.4, -0.2) is 88.9 Å². The third-order valence-electron chi connectivity index (χ3n) is 8.58. The molecule has 1 aromatic heterocycles. The first-order valence-corrected chi connectivity index (χ1v) is 17.2. The van der Waals surface area contributed by atoms with Gasteiger partial charge < -0.3 is 25.0 Å². The summed E-state index contributed by atoms with van der Waals surface area (Å²) in [6.45, 7) is 8.60. The molecule has 0 radical (unpaired) electrons. The van der Waals surface area contributed by atoms with Crippen molar-refractivity contribution in [2.75, 3.05) is 32.8 Å². The molecule has 246 valence electrons. The van der Waals surface area contributed by atoms with Crippen molar-refractivity contribution in [3.05, 3.63) is 51.8 Å². The fourth-order valence-corrected chi connectivity index (χ4v) is 8.37. The maximum Gasteiger partial charge on any atom is 0.407 e. The number of alkyl carbamates (subject to hydrolysis) is 1. The summed E-state index contributed by atoms with van der Waals surface area (Å²) < 4.78 is 37.7. The topological polar surface area (TPSA) is 149 Å². The van der Waals surface area contributed by atoms with E-state index in [9.17, 15) is 22.8 Å². The van der Waals surface area contributed by atoms with Gasteiger partial charge in [-0.3, -0.25) is 14.3 Å². The predicted octanol–water partition coefficient (Wildman–Crippen LogP) is 3.51. The quantitative estimate of drug-likeness (QED) is 0.309. The number of rotatable bonds is 13. The van der Waals surface area contributed by atoms with Crippen molar-refractivity contribution in [1.29, 1.82) is 0 Å². The van der Waals surface area contributed by atoms with Gasteiger partial charge in [0.25, 0.3) is 11.8 Å². The van der Waals surface area contributed by atoms with Crippen molar-refractivity contribution in [1.82, 2.24) is 25.3 Å². The number of hydrogen-bond donors (Lipinski definition) is 2. The molecule has 2 fully saturated rings. The second kappa shape index (κ2) is 12.6. The van der Waals surface area contributed by atoms with Gasteiger partial charge in [0.1, 0.15) is 11.3 Å². The highest BCUT2D eigenvalue weighted by molar-refractivity contribution is 7.94. The van der Waals surface area contributed by atoms with E-state index in [1.807, 2.05) is 12.1 Å². The van der Waals surface area contributed by atoms with Crippen LogP contribution in [0.15, 0.2) is 24.3 Å². The highest BCUT2D eigenvalue weighted by atomic mass is 35.5. The first-order chi connectivity index (χ1) is 21.1. The van der Waals surface area contributed by atoms with Crippen molar-refractivity contribution in [3.63, 3.8) is 0 Å². The zero-order valence-electron chi connectivity index (χ0n) is 26.3.